The van der Waals surface area contributed by atoms with Crippen molar-refractivity contribution in [3.05, 3.63) is 11.7 Å². The van der Waals surface area contributed by atoms with Crippen molar-refractivity contribution in [2.24, 2.45) is 0 Å². The van der Waals surface area contributed by atoms with Gasteiger partial charge in [-0.15, -0.1) is 10.2 Å². The molecule has 0 bridgehead atoms. The Morgan fingerprint density at radius 1 is 1.38 bits per heavy atom. The zero-order chi connectivity index (χ0) is 17.5. The van der Waals surface area contributed by atoms with Gasteiger partial charge in [0, 0.05) is 18.4 Å². The molecule has 7 nitrogen and oxygen atoms in total. The van der Waals surface area contributed by atoms with Gasteiger partial charge in [0.05, 0.1) is 5.25 Å². The maximum atomic E-state index is 11.8. The van der Waals surface area contributed by atoms with Gasteiger partial charge < -0.3 is 4.52 Å². The molecule has 1 atom stereocenters. The van der Waals surface area contributed by atoms with E-state index in [1.807, 2.05) is 27.7 Å². The van der Waals surface area contributed by atoms with Crippen LogP contribution >= 0.6 is 23.1 Å². The SMILES string of the molecule is CC(=O)N(c1nnc(S[C@@H](C)c2nc(C(C)(C)C)no2)s1)C1CC1. The van der Waals surface area contributed by atoms with Gasteiger partial charge in [0.1, 0.15) is 0 Å². The van der Waals surface area contributed by atoms with Crippen LogP contribution in [-0.2, 0) is 10.2 Å². The summed E-state index contributed by atoms with van der Waals surface area (Å²) >= 11 is 2.94. The highest BCUT2D eigenvalue weighted by Crippen LogP contribution is 2.40. The Morgan fingerprint density at radius 2 is 2.08 bits per heavy atom. The van der Waals surface area contributed by atoms with Crippen LogP contribution in [0.2, 0.25) is 0 Å². The molecule has 0 saturated heterocycles. The zero-order valence-electron chi connectivity index (χ0n) is 14.4. The molecule has 0 radical (unpaired) electrons. The number of thioether (sulfide) groups is 1. The average Bonchev–Trinajstić information content (AvgIpc) is 3.00. The summed E-state index contributed by atoms with van der Waals surface area (Å²) in [6, 6.07) is 0.288. The molecule has 2 aromatic rings. The molecule has 1 fully saturated rings. The highest BCUT2D eigenvalue weighted by molar-refractivity contribution is 8.01. The summed E-state index contributed by atoms with van der Waals surface area (Å²) in [5.74, 6) is 1.29. The van der Waals surface area contributed by atoms with E-state index in [1.165, 1.54) is 23.1 Å². The van der Waals surface area contributed by atoms with Gasteiger partial charge in [0.25, 0.3) is 0 Å². The van der Waals surface area contributed by atoms with Gasteiger partial charge in [-0.3, -0.25) is 9.69 Å². The van der Waals surface area contributed by atoms with E-state index in [-0.39, 0.29) is 22.6 Å². The lowest BCUT2D eigenvalue weighted by atomic mass is 9.96. The molecule has 1 aliphatic carbocycles. The first kappa shape index (κ1) is 17.3. The lowest BCUT2D eigenvalue weighted by molar-refractivity contribution is -0.116. The Kier molecular flexibility index (Phi) is 4.65. The monoisotopic (exact) mass is 367 g/mol. The maximum Gasteiger partial charge on any atom is 0.239 e. The third-order valence-corrected chi connectivity index (χ3v) is 5.69. The lowest BCUT2D eigenvalue weighted by Gasteiger charge is -2.15. The largest absolute Gasteiger partial charge is 0.338 e. The first-order valence-corrected chi connectivity index (χ1v) is 9.59. The normalized spacial score (nSPS) is 16.2. The van der Waals surface area contributed by atoms with Crippen molar-refractivity contribution in [3.8, 4) is 0 Å². The summed E-state index contributed by atoms with van der Waals surface area (Å²) in [7, 11) is 0. The molecule has 1 amide bonds. The van der Waals surface area contributed by atoms with Crippen molar-refractivity contribution < 1.29 is 9.32 Å². The quantitative estimate of drug-likeness (QED) is 0.589. The van der Waals surface area contributed by atoms with E-state index in [1.54, 1.807) is 11.8 Å². The van der Waals surface area contributed by atoms with E-state index in [2.05, 4.69) is 20.3 Å². The lowest BCUT2D eigenvalue weighted by Crippen LogP contribution is -2.30. The maximum absolute atomic E-state index is 11.8. The summed E-state index contributed by atoms with van der Waals surface area (Å²) < 4.78 is 6.17. The number of rotatable bonds is 5. The Morgan fingerprint density at radius 3 is 2.62 bits per heavy atom. The fraction of sp³-hybridized carbons (Fsp3) is 0.667. The molecule has 130 valence electrons. The number of amides is 1. The third kappa shape index (κ3) is 3.77. The van der Waals surface area contributed by atoms with E-state index in [4.69, 9.17) is 4.52 Å². The Bertz CT molecular complexity index is 732. The second-order valence-corrected chi connectivity index (χ2v) is 9.48. The van der Waals surface area contributed by atoms with Crippen molar-refractivity contribution in [2.45, 2.75) is 68.5 Å². The fourth-order valence-electron chi connectivity index (χ4n) is 2.13. The first-order chi connectivity index (χ1) is 11.3. The molecule has 2 aromatic heterocycles. The Labute approximate surface area is 149 Å². The van der Waals surface area contributed by atoms with E-state index in [9.17, 15) is 4.79 Å². The first-order valence-electron chi connectivity index (χ1n) is 7.89. The minimum Gasteiger partial charge on any atom is -0.338 e. The van der Waals surface area contributed by atoms with Crippen LogP contribution in [0, 0.1) is 0 Å². The van der Waals surface area contributed by atoms with E-state index >= 15 is 0 Å². The number of anilines is 1. The summed E-state index contributed by atoms with van der Waals surface area (Å²) in [5, 5.41) is 13.1. The zero-order valence-corrected chi connectivity index (χ0v) is 16.1. The highest BCUT2D eigenvalue weighted by atomic mass is 32.2. The van der Waals surface area contributed by atoms with Crippen LogP contribution < -0.4 is 4.90 Å². The average molecular weight is 368 g/mol. The molecule has 0 spiro atoms. The highest BCUT2D eigenvalue weighted by Gasteiger charge is 2.34. The molecular weight excluding hydrogens is 346 g/mol. The van der Waals surface area contributed by atoms with Crippen molar-refractivity contribution in [2.75, 3.05) is 4.90 Å². The minimum absolute atomic E-state index is 0.0185. The van der Waals surface area contributed by atoms with E-state index in [0.29, 0.717) is 16.8 Å². The number of carbonyl (C=O) groups is 1. The molecule has 0 unspecified atom stereocenters. The van der Waals surface area contributed by atoms with E-state index < -0.39 is 0 Å². The van der Waals surface area contributed by atoms with Gasteiger partial charge in [-0.05, 0) is 19.8 Å². The molecule has 9 heteroatoms. The standard InChI is InChI=1S/C15H21N5O2S2/c1-8(11-16-12(19-22-11)15(3,4)5)23-14-18-17-13(24-14)20(9(2)21)10-6-7-10/h8,10H,6-7H2,1-5H3/t8-/m0/s1. The number of nitrogens with zero attached hydrogens (tertiary/aromatic N) is 5. The second-order valence-electron chi connectivity index (χ2n) is 6.94. The number of aromatic nitrogens is 4. The molecule has 3 rings (SSSR count). The minimum atomic E-state index is -0.145. The van der Waals surface area contributed by atoms with Crippen LogP contribution in [0.5, 0.6) is 0 Å². The summed E-state index contributed by atoms with van der Waals surface area (Å²) in [6.45, 7) is 9.71. The van der Waals surface area contributed by atoms with Gasteiger partial charge in [-0.25, -0.2) is 0 Å². The van der Waals surface area contributed by atoms with Crippen molar-refractivity contribution in [3.63, 3.8) is 0 Å². The summed E-state index contributed by atoms with van der Waals surface area (Å²) in [5.41, 5.74) is -0.145. The molecule has 0 aromatic carbocycles. The Balaban J connectivity index is 1.70. The van der Waals surface area contributed by atoms with Crippen LogP contribution in [0.3, 0.4) is 0 Å². The summed E-state index contributed by atoms with van der Waals surface area (Å²) in [6.07, 6.45) is 2.07. The summed E-state index contributed by atoms with van der Waals surface area (Å²) in [4.78, 5) is 18.0. The van der Waals surface area contributed by atoms with Gasteiger partial charge in [0.15, 0.2) is 10.2 Å². The van der Waals surface area contributed by atoms with Gasteiger partial charge in [0.2, 0.25) is 16.9 Å². The molecule has 0 aliphatic heterocycles. The number of carbonyl (C=O) groups excluding carboxylic acids is 1. The number of hydrogen-bond donors (Lipinski definition) is 0. The molecule has 2 heterocycles. The topological polar surface area (TPSA) is 85.0 Å². The fourth-order valence-corrected chi connectivity index (χ4v) is 4.27. The molecule has 0 N–H and O–H groups in total. The van der Waals surface area contributed by atoms with Crippen LogP contribution in [0.25, 0.3) is 0 Å². The van der Waals surface area contributed by atoms with Gasteiger partial charge >= 0.3 is 0 Å². The van der Waals surface area contributed by atoms with Crippen molar-refractivity contribution >= 4 is 34.1 Å². The van der Waals surface area contributed by atoms with Crippen LogP contribution in [0.1, 0.15) is 64.4 Å². The van der Waals surface area contributed by atoms with Gasteiger partial charge in [-0.1, -0.05) is 49.0 Å². The van der Waals surface area contributed by atoms with Crippen LogP contribution in [-0.4, -0.2) is 32.3 Å². The molecule has 1 aliphatic rings. The van der Waals surface area contributed by atoms with Crippen molar-refractivity contribution in [1.29, 1.82) is 0 Å². The molecular formula is C15H21N5O2S2. The van der Waals surface area contributed by atoms with E-state index in [0.717, 1.165) is 17.2 Å². The molecule has 1 saturated carbocycles. The molecule has 24 heavy (non-hydrogen) atoms. The van der Waals surface area contributed by atoms with Crippen LogP contribution in [0.4, 0.5) is 5.13 Å². The smallest absolute Gasteiger partial charge is 0.239 e. The van der Waals surface area contributed by atoms with Crippen molar-refractivity contribution in [1.82, 2.24) is 20.3 Å². The van der Waals surface area contributed by atoms with Gasteiger partial charge in [-0.2, -0.15) is 4.98 Å². The third-order valence-electron chi connectivity index (χ3n) is 3.59. The predicted molar refractivity (Wildman–Crippen MR) is 93.4 cm³/mol. The van der Waals surface area contributed by atoms with Crippen LogP contribution in [0.15, 0.2) is 8.86 Å². The number of hydrogen-bond acceptors (Lipinski definition) is 8. The Hall–Kier alpha value is -1.48. The second kappa shape index (κ2) is 6.44. The predicted octanol–water partition coefficient (Wildman–Crippen LogP) is 3.59.